The van der Waals surface area contributed by atoms with Gasteiger partial charge in [0.2, 0.25) is 0 Å². The standard InChI is InChI=1S/C17H31N3/c1-5-16(6-2)20-11-10-15(19-20)12-18-17-9-7-8-13(3)14(17)4/h10-11,13-14,16-18H,5-9,12H2,1-4H3. The highest BCUT2D eigenvalue weighted by Gasteiger charge is 2.26. The monoisotopic (exact) mass is 277 g/mol. The van der Waals surface area contributed by atoms with Gasteiger partial charge in [-0.3, -0.25) is 4.68 Å². The molecule has 0 radical (unpaired) electrons. The van der Waals surface area contributed by atoms with E-state index in [0.29, 0.717) is 12.1 Å². The van der Waals surface area contributed by atoms with Crippen LogP contribution >= 0.6 is 0 Å². The predicted octanol–water partition coefficient (Wildman–Crippen LogP) is 4.16. The Hall–Kier alpha value is -0.830. The molecule has 0 aromatic carbocycles. The van der Waals surface area contributed by atoms with Crippen LogP contribution < -0.4 is 5.32 Å². The van der Waals surface area contributed by atoms with Crippen LogP contribution in [0.25, 0.3) is 0 Å². The first kappa shape index (κ1) is 15.6. The van der Waals surface area contributed by atoms with E-state index >= 15 is 0 Å². The number of rotatable bonds is 6. The third-order valence-corrected chi connectivity index (χ3v) is 5.23. The van der Waals surface area contributed by atoms with Gasteiger partial charge in [-0.25, -0.2) is 0 Å². The van der Waals surface area contributed by atoms with Crippen molar-refractivity contribution in [2.24, 2.45) is 11.8 Å². The van der Waals surface area contributed by atoms with E-state index in [2.05, 4.69) is 50.0 Å². The van der Waals surface area contributed by atoms with Crippen molar-refractivity contribution in [1.82, 2.24) is 15.1 Å². The second-order valence-electron chi connectivity index (χ2n) is 6.51. The fourth-order valence-corrected chi connectivity index (χ4v) is 3.44. The van der Waals surface area contributed by atoms with Gasteiger partial charge in [-0.2, -0.15) is 5.10 Å². The number of nitrogens with zero attached hydrogens (tertiary/aromatic N) is 2. The summed E-state index contributed by atoms with van der Waals surface area (Å²) >= 11 is 0. The number of nitrogens with one attached hydrogen (secondary N) is 1. The van der Waals surface area contributed by atoms with Crippen molar-refractivity contribution < 1.29 is 0 Å². The summed E-state index contributed by atoms with van der Waals surface area (Å²) in [5.41, 5.74) is 1.18. The van der Waals surface area contributed by atoms with E-state index in [1.54, 1.807) is 0 Å². The van der Waals surface area contributed by atoms with Crippen molar-refractivity contribution in [3.8, 4) is 0 Å². The van der Waals surface area contributed by atoms with E-state index in [-0.39, 0.29) is 0 Å². The van der Waals surface area contributed by atoms with Gasteiger partial charge < -0.3 is 5.32 Å². The van der Waals surface area contributed by atoms with E-state index in [9.17, 15) is 0 Å². The van der Waals surface area contributed by atoms with Gasteiger partial charge in [-0.1, -0.05) is 40.5 Å². The van der Waals surface area contributed by atoms with Gasteiger partial charge in [0.1, 0.15) is 0 Å². The van der Waals surface area contributed by atoms with Crippen LogP contribution in [-0.2, 0) is 6.54 Å². The minimum Gasteiger partial charge on any atom is -0.308 e. The Morgan fingerprint density at radius 2 is 2.05 bits per heavy atom. The Morgan fingerprint density at radius 1 is 1.30 bits per heavy atom. The van der Waals surface area contributed by atoms with E-state index in [1.807, 2.05) is 0 Å². The van der Waals surface area contributed by atoms with Crippen molar-refractivity contribution in [2.75, 3.05) is 0 Å². The highest BCUT2D eigenvalue weighted by Crippen LogP contribution is 2.29. The molecule has 3 atom stereocenters. The Kier molecular flexibility index (Phi) is 5.64. The molecule has 114 valence electrons. The van der Waals surface area contributed by atoms with E-state index in [0.717, 1.165) is 31.2 Å². The average molecular weight is 277 g/mol. The summed E-state index contributed by atoms with van der Waals surface area (Å²) < 4.78 is 2.14. The molecule has 1 fully saturated rings. The highest BCUT2D eigenvalue weighted by atomic mass is 15.3. The summed E-state index contributed by atoms with van der Waals surface area (Å²) in [6.07, 6.45) is 8.53. The van der Waals surface area contributed by atoms with Gasteiger partial charge in [-0.05, 0) is 37.2 Å². The number of hydrogen-bond acceptors (Lipinski definition) is 2. The van der Waals surface area contributed by atoms with Crippen molar-refractivity contribution in [2.45, 2.75) is 78.4 Å². The molecule has 3 unspecified atom stereocenters. The molecule has 20 heavy (non-hydrogen) atoms. The van der Waals surface area contributed by atoms with Gasteiger partial charge in [0, 0.05) is 18.8 Å². The molecule has 0 bridgehead atoms. The van der Waals surface area contributed by atoms with E-state index in [4.69, 9.17) is 5.10 Å². The minimum atomic E-state index is 0.553. The van der Waals surface area contributed by atoms with Gasteiger partial charge in [0.05, 0.1) is 11.7 Å². The molecule has 1 aromatic rings. The second-order valence-corrected chi connectivity index (χ2v) is 6.51. The normalized spacial score (nSPS) is 27.1. The van der Waals surface area contributed by atoms with Crippen molar-refractivity contribution in [3.05, 3.63) is 18.0 Å². The smallest absolute Gasteiger partial charge is 0.0762 e. The van der Waals surface area contributed by atoms with Gasteiger partial charge in [0.15, 0.2) is 0 Å². The Labute approximate surface area is 124 Å². The minimum absolute atomic E-state index is 0.553. The Morgan fingerprint density at radius 3 is 2.75 bits per heavy atom. The molecule has 3 nitrogen and oxygen atoms in total. The molecule has 0 amide bonds. The van der Waals surface area contributed by atoms with Crippen molar-refractivity contribution in [3.63, 3.8) is 0 Å². The summed E-state index contributed by atoms with van der Waals surface area (Å²) in [6.45, 7) is 10.2. The number of aromatic nitrogens is 2. The first-order valence-corrected chi connectivity index (χ1v) is 8.43. The number of hydrogen-bond donors (Lipinski definition) is 1. The Bertz CT molecular complexity index is 395. The van der Waals surface area contributed by atoms with Crippen LogP contribution in [0.2, 0.25) is 0 Å². The van der Waals surface area contributed by atoms with Crippen LogP contribution in [0.4, 0.5) is 0 Å². The summed E-state index contributed by atoms with van der Waals surface area (Å²) in [4.78, 5) is 0. The van der Waals surface area contributed by atoms with E-state index < -0.39 is 0 Å². The van der Waals surface area contributed by atoms with E-state index in [1.165, 1.54) is 25.0 Å². The molecule has 1 saturated carbocycles. The van der Waals surface area contributed by atoms with Crippen LogP contribution in [0.15, 0.2) is 12.3 Å². The first-order chi connectivity index (χ1) is 9.65. The lowest BCUT2D eigenvalue weighted by Gasteiger charge is -2.34. The largest absolute Gasteiger partial charge is 0.308 e. The fourth-order valence-electron chi connectivity index (χ4n) is 3.44. The zero-order valence-corrected chi connectivity index (χ0v) is 13.6. The maximum atomic E-state index is 4.73. The summed E-state index contributed by atoms with van der Waals surface area (Å²) in [5, 5.41) is 8.47. The van der Waals surface area contributed by atoms with Gasteiger partial charge in [0.25, 0.3) is 0 Å². The SMILES string of the molecule is CCC(CC)n1ccc(CNC2CCCC(C)C2C)n1. The van der Waals surface area contributed by atoms with Crippen molar-refractivity contribution in [1.29, 1.82) is 0 Å². The molecule has 0 spiro atoms. The summed E-state index contributed by atoms with van der Waals surface area (Å²) in [7, 11) is 0. The lowest BCUT2D eigenvalue weighted by molar-refractivity contribution is 0.205. The van der Waals surface area contributed by atoms with Crippen molar-refractivity contribution >= 4 is 0 Å². The lowest BCUT2D eigenvalue weighted by Crippen LogP contribution is -2.40. The maximum Gasteiger partial charge on any atom is 0.0762 e. The topological polar surface area (TPSA) is 29.9 Å². The second kappa shape index (κ2) is 7.26. The lowest BCUT2D eigenvalue weighted by atomic mass is 9.78. The molecule has 1 aromatic heterocycles. The molecule has 1 heterocycles. The summed E-state index contributed by atoms with van der Waals surface area (Å²) in [6, 6.07) is 3.39. The summed E-state index contributed by atoms with van der Waals surface area (Å²) in [5.74, 6) is 1.63. The molecule has 2 rings (SSSR count). The molecule has 3 heteroatoms. The predicted molar refractivity (Wildman–Crippen MR) is 84.7 cm³/mol. The van der Waals surface area contributed by atoms with Gasteiger partial charge in [-0.15, -0.1) is 0 Å². The maximum absolute atomic E-state index is 4.73. The fraction of sp³-hybridized carbons (Fsp3) is 0.824. The molecule has 1 aliphatic rings. The molecule has 0 aliphatic heterocycles. The third-order valence-electron chi connectivity index (χ3n) is 5.23. The molecule has 1 aliphatic carbocycles. The van der Waals surface area contributed by atoms with Crippen LogP contribution in [0.1, 0.15) is 71.5 Å². The quantitative estimate of drug-likeness (QED) is 0.846. The van der Waals surface area contributed by atoms with Gasteiger partial charge >= 0.3 is 0 Å². The highest BCUT2D eigenvalue weighted by molar-refractivity contribution is 5.00. The molecule has 0 saturated heterocycles. The first-order valence-electron chi connectivity index (χ1n) is 8.43. The Balaban J connectivity index is 1.88. The third kappa shape index (κ3) is 3.63. The average Bonchev–Trinajstić information content (AvgIpc) is 2.91. The molecule has 1 N–H and O–H groups in total. The zero-order chi connectivity index (χ0) is 14.5. The molecular formula is C17H31N3. The van der Waals surface area contributed by atoms with Crippen LogP contribution in [-0.4, -0.2) is 15.8 Å². The van der Waals surface area contributed by atoms with Crippen LogP contribution in [0.3, 0.4) is 0 Å². The zero-order valence-electron chi connectivity index (χ0n) is 13.6. The van der Waals surface area contributed by atoms with Crippen LogP contribution in [0, 0.1) is 11.8 Å². The van der Waals surface area contributed by atoms with Crippen LogP contribution in [0.5, 0.6) is 0 Å². The molecular weight excluding hydrogens is 246 g/mol.